The molecule has 6 heterocycles. The summed E-state index contributed by atoms with van der Waals surface area (Å²) in [5, 5.41) is 19.8. The van der Waals surface area contributed by atoms with Crippen molar-refractivity contribution in [3.05, 3.63) is 155 Å². The van der Waals surface area contributed by atoms with Crippen molar-refractivity contribution in [1.29, 1.82) is 0 Å². The number of benzene rings is 4. The van der Waals surface area contributed by atoms with Gasteiger partial charge in [0.1, 0.15) is 23.2 Å². The first-order valence-electron chi connectivity index (χ1n) is 30.5. The van der Waals surface area contributed by atoms with Crippen LogP contribution in [-0.4, -0.2) is 131 Å². The van der Waals surface area contributed by atoms with Gasteiger partial charge in [0.2, 0.25) is 12.8 Å². The van der Waals surface area contributed by atoms with E-state index in [0.717, 1.165) is 128 Å². The van der Waals surface area contributed by atoms with Gasteiger partial charge in [-0.05, 0) is 135 Å². The molecule has 0 radical (unpaired) electrons. The van der Waals surface area contributed by atoms with Gasteiger partial charge < -0.3 is 31.5 Å². The molecular formula is C67H84Cl3FN12O3S. The number of carbonyl (C=O) groups excluding carboxylic acids is 3. The minimum absolute atomic E-state index is 0.0435. The lowest BCUT2D eigenvalue weighted by Crippen LogP contribution is -2.50. The molecule has 4 atom stereocenters. The summed E-state index contributed by atoms with van der Waals surface area (Å²) in [6.07, 6.45) is 6.14. The highest BCUT2D eigenvalue weighted by atomic mass is 35.5. The Morgan fingerprint density at radius 1 is 0.851 bits per heavy atom. The van der Waals surface area contributed by atoms with E-state index in [1.165, 1.54) is 16.0 Å². The van der Waals surface area contributed by atoms with Crippen LogP contribution in [0.5, 0.6) is 0 Å². The summed E-state index contributed by atoms with van der Waals surface area (Å²) < 4.78 is 18.3. The molecule has 2 aromatic heterocycles. The molecule has 15 nitrogen and oxygen atoms in total. The summed E-state index contributed by atoms with van der Waals surface area (Å²) in [5.74, 6) is 1.24. The number of nitrogens with zero attached hydrogens (tertiary/aromatic N) is 8. The van der Waals surface area contributed by atoms with Gasteiger partial charge in [0.25, 0.3) is 5.91 Å². The van der Waals surface area contributed by atoms with E-state index in [9.17, 15) is 14.4 Å². The van der Waals surface area contributed by atoms with Gasteiger partial charge in [-0.25, -0.2) is 4.39 Å². The molecule has 11 rings (SSSR count). The molecule has 3 amide bonds. The number of aromatic nitrogens is 3. The van der Waals surface area contributed by atoms with Crippen molar-refractivity contribution in [2.45, 2.75) is 132 Å². The van der Waals surface area contributed by atoms with E-state index in [4.69, 9.17) is 50.5 Å². The number of halogens is 4. The number of nitrogen functional groups attached to an aromatic ring is 1. The average Bonchev–Trinajstić information content (AvgIpc) is 1.59. The van der Waals surface area contributed by atoms with Crippen molar-refractivity contribution in [3.8, 4) is 5.00 Å². The molecule has 6 aromatic rings. The molecule has 87 heavy (non-hydrogen) atoms. The third-order valence-corrected chi connectivity index (χ3v) is 19.6. The topological polar surface area (TPSA) is 178 Å². The van der Waals surface area contributed by atoms with Crippen molar-refractivity contribution in [2.75, 3.05) is 70.0 Å². The zero-order chi connectivity index (χ0) is 62.5. The lowest BCUT2D eigenvalue weighted by molar-refractivity contribution is -0.109. The molecular weight excluding hydrogens is 1180 g/mol. The Kier molecular flexibility index (Phi) is 21.2. The van der Waals surface area contributed by atoms with Crippen LogP contribution in [0.15, 0.2) is 82.8 Å². The zero-order valence-corrected chi connectivity index (χ0v) is 55.0. The van der Waals surface area contributed by atoms with E-state index in [1.807, 2.05) is 76.2 Å². The van der Waals surface area contributed by atoms with Gasteiger partial charge in [-0.15, -0.1) is 21.5 Å². The van der Waals surface area contributed by atoms with Crippen LogP contribution in [0.4, 0.5) is 15.8 Å². The van der Waals surface area contributed by atoms with Crippen LogP contribution in [0.2, 0.25) is 15.1 Å². The van der Waals surface area contributed by atoms with E-state index in [1.54, 1.807) is 35.6 Å². The lowest BCUT2D eigenvalue weighted by atomic mass is 9.74. The lowest BCUT2D eigenvalue weighted by Gasteiger charge is -2.41. The maximum Gasteiger partial charge on any atom is 0.251 e. The van der Waals surface area contributed by atoms with Crippen LogP contribution in [-0.2, 0) is 16.1 Å². The van der Waals surface area contributed by atoms with Crippen molar-refractivity contribution >= 4 is 87.7 Å². The number of piperazine rings is 1. The maximum absolute atomic E-state index is 16.2. The highest BCUT2D eigenvalue weighted by Crippen LogP contribution is 2.55. The molecule has 3 fully saturated rings. The molecule has 5 aliphatic rings. The number of carbonyl (C=O) groups is 3. The van der Waals surface area contributed by atoms with Crippen LogP contribution in [0.1, 0.15) is 151 Å². The van der Waals surface area contributed by atoms with Crippen LogP contribution >= 0.6 is 46.1 Å². The molecule has 1 unspecified atom stereocenters. The van der Waals surface area contributed by atoms with E-state index >= 15 is 4.39 Å². The van der Waals surface area contributed by atoms with Gasteiger partial charge in [0.05, 0.1) is 16.8 Å². The first-order chi connectivity index (χ1) is 41.6. The largest absolute Gasteiger partial charge is 0.398 e. The number of rotatable bonds is 20. The molecule has 4 aromatic carbocycles. The van der Waals surface area contributed by atoms with E-state index < -0.39 is 11.7 Å². The molecule has 464 valence electrons. The minimum atomic E-state index is -0.469. The standard InChI is InChI=1S/C48H63Cl2FN8O3.C17H15ClN4S.C2H6/c1-30-33(46(62)54-26-47(2,3)25-48(4,5)27-58-20-18-57(19-21-58)17-7-16-53-28-60)14-15-34(43(30)52)39-23-40-44(56-39)41(36-8-6-9-37(50)42(36)51)45(59(40)24-31-10-11-31)35-13-12-32(49)22-38(35)55-29-61;1-9-10(2)23-17-15(9)16(12-4-6-13(18)7-5-12)19-8-14-21-20-11(3)22(14)17;1-2/h6,8-9,12-15,22,28-29,31,40-41,44-45H,7,10-11,16-21,23-27,52H2,1-5H3,(H,53,60)(H,54,62)(H,55,61);4-7H,8H2,1-3H3;1-2H3/t40-,41-,44+,45?;;/m0../s1. The number of anilines is 2. The number of likely N-dealkylation sites (tertiary alicyclic amines) is 1. The Morgan fingerprint density at radius 2 is 1.56 bits per heavy atom. The van der Waals surface area contributed by atoms with E-state index in [-0.39, 0.29) is 39.9 Å². The second kappa shape index (κ2) is 28.2. The van der Waals surface area contributed by atoms with E-state index in [2.05, 4.69) is 87.0 Å². The Hall–Kier alpha value is -6.05. The number of fused-ring (bicyclic) bond motifs is 4. The second-order valence-corrected chi connectivity index (χ2v) is 27.6. The van der Waals surface area contributed by atoms with Gasteiger partial charge in [0, 0.05) is 131 Å². The number of aliphatic imine (C=N–C) groups is 2. The Balaban J connectivity index is 0.000000298. The first-order valence-corrected chi connectivity index (χ1v) is 32.5. The second-order valence-electron chi connectivity index (χ2n) is 25.1. The SMILES string of the molecule is CC.Cc1c(C(=O)NCC(C)(C)CC(C)(C)CN2CCN(CCCNC=O)CC2)ccc(C2=N[C@H]3[C@H](c4cccc(Cl)c4F)C(c4ccc(Cl)cc4NC=O)N(CC4CC4)[C@H]3C2)c1N.Cc1sc2c(c1C)C(c1ccc(Cl)cc1)=NCc1nnc(C)n1-2. The summed E-state index contributed by atoms with van der Waals surface area (Å²) in [6, 6.07) is 21.5. The maximum atomic E-state index is 16.2. The van der Waals surface area contributed by atoms with Crippen molar-refractivity contribution in [3.63, 3.8) is 0 Å². The molecule has 0 spiro atoms. The van der Waals surface area contributed by atoms with Gasteiger partial charge >= 0.3 is 0 Å². The number of nitrogens with two attached hydrogens (primary N) is 1. The smallest absolute Gasteiger partial charge is 0.251 e. The zero-order valence-electron chi connectivity index (χ0n) is 51.9. The van der Waals surface area contributed by atoms with Gasteiger partial charge in [0.15, 0.2) is 5.82 Å². The molecule has 5 N–H and O–H groups in total. The number of nitrogens with one attached hydrogen (secondary N) is 3. The normalized spacial score (nSPS) is 19.5. The quantitative estimate of drug-likeness (QED) is 0.0329. The van der Waals surface area contributed by atoms with Crippen molar-refractivity contribution < 1.29 is 18.8 Å². The van der Waals surface area contributed by atoms with Crippen LogP contribution in [0.25, 0.3) is 5.00 Å². The monoisotopic (exact) mass is 1260 g/mol. The Morgan fingerprint density at radius 3 is 2.26 bits per heavy atom. The van der Waals surface area contributed by atoms with E-state index in [0.29, 0.717) is 71.5 Å². The van der Waals surface area contributed by atoms with Gasteiger partial charge in [-0.3, -0.25) is 33.8 Å². The predicted octanol–water partition coefficient (Wildman–Crippen LogP) is 13.0. The fraction of sp³-hybridized carbons (Fsp3) is 0.478. The number of thiophene rings is 1. The fourth-order valence-electron chi connectivity index (χ4n) is 13.6. The third kappa shape index (κ3) is 14.8. The molecule has 20 heteroatoms. The number of hydrogen-bond donors (Lipinski definition) is 4. The fourth-order valence-corrected chi connectivity index (χ4v) is 15.3. The third-order valence-electron chi connectivity index (χ3n) is 17.6. The van der Waals surface area contributed by atoms with Gasteiger partial charge in [-0.1, -0.05) is 113 Å². The highest BCUT2D eigenvalue weighted by Gasteiger charge is 2.55. The number of hydrogen-bond acceptors (Lipinski definition) is 12. The summed E-state index contributed by atoms with van der Waals surface area (Å²) in [7, 11) is 0. The molecule has 4 aliphatic heterocycles. The van der Waals surface area contributed by atoms with Crippen LogP contribution in [0, 0.1) is 50.3 Å². The molecule has 1 saturated carbocycles. The number of aryl methyl sites for hydroxylation is 2. The Labute approximate surface area is 531 Å². The van der Waals surface area contributed by atoms with Gasteiger partial charge in [-0.2, -0.15) is 0 Å². The summed E-state index contributed by atoms with van der Waals surface area (Å²) in [4.78, 5) is 55.2. The molecule has 2 saturated heterocycles. The van der Waals surface area contributed by atoms with Crippen LogP contribution < -0.4 is 21.7 Å². The molecule has 1 aliphatic carbocycles. The molecule has 0 bridgehead atoms. The van der Waals surface area contributed by atoms with Crippen molar-refractivity contribution in [1.82, 2.24) is 40.1 Å². The predicted molar refractivity (Wildman–Crippen MR) is 353 cm³/mol. The summed E-state index contributed by atoms with van der Waals surface area (Å²) in [6.45, 7) is 29.9. The van der Waals surface area contributed by atoms with Crippen molar-refractivity contribution in [2.24, 2.45) is 26.7 Å². The average molecular weight is 1260 g/mol. The highest BCUT2D eigenvalue weighted by molar-refractivity contribution is 7.15. The summed E-state index contributed by atoms with van der Waals surface area (Å²) >= 11 is 20.7. The Bertz CT molecular complexity index is 3520. The number of amides is 3. The minimum Gasteiger partial charge on any atom is -0.398 e. The summed E-state index contributed by atoms with van der Waals surface area (Å²) in [5.41, 5.74) is 16.6. The first kappa shape index (κ1) is 65.4. The van der Waals surface area contributed by atoms with Crippen LogP contribution in [0.3, 0.4) is 0 Å².